The Balaban J connectivity index is 0.966. The summed E-state index contributed by atoms with van der Waals surface area (Å²) in [6.07, 6.45) is 1.06. The molecule has 2 aliphatic rings. The number of benzene rings is 7. The molecular formula is C53H40N2. The molecule has 0 N–H and O–H groups in total. The summed E-state index contributed by atoms with van der Waals surface area (Å²) < 4.78 is 0. The average Bonchev–Trinajstić information content (AvgIpc) is 3.48. The van der Waals surface area contributed by atoms with Crippen molar-refractivity contribution in [1.82, 2.24) is 9.97 Å². The quantitative estimate of drug-likeness (QED) is 0.172. The molecule has 2 heteroatoms. The summed E-state index contributed by atoms with van der Waals surface area (Å²) in [6, 6.07) is 67.6. The maximum Gasteiger partial charge on any atom is 0.160 e. The third-order valence-electron chi connectivity index (χ3n) is 11.8. The molecule has 1 atom stereocenters. The molecular weight excluding hydrogens is 665 g/mol. The van der Waals surface area contributed by atoms with Gasteiger partial charge in [0.05, 0.1) is 11.4 Å². The number of rotatable bonds is 6. The Morgan fingerprint density at radius 2 is 0.891 bits per heavy atom. The fourth-order valence-corrected chi connectivity index (χ4v) is 8.87. The van der Waals surface area contributed by atoms with Gasteiger partial charge in [0.1, 0.15) is 0 Å². The molecule has 10 rings (SSSR count). The summed E-state index contributed by atoms with van der Waals surface area (Å²) in [6.45, 7) is 4.89. The van der Waals surface area contributed by atoms with Crippen LogP contribution < -0.4 is 0 Å². The first-order chi connectivity index (χ1) is 27.0. The topological polar surface area (TPSA) is 25.8 Å². The predicted molar refractivity (Wildman–Crippen MR) is 228 cm³/mol. The summed E-state index contributed by atoms with van der Waals surface area (Å²) in [4.78, 5) is 9.98. The van der Waals surface area contributed by atoms with Gasteiger partial charge in [0.2, 0.25) is 0 Å². The Morgan fingerprint density at radius 3 is 1.51 bits per heavy atom. The van der Waals surface area contributed by atoms with Gasteiger partial charge in [-0.25, -0.2) is 9.97 Å². The molecule has 7 aromatic carbocycles. The van der Waals surface area contributed by atoms with Crippen molar-refractivity contribution in [2.45, 2.75) is 25.7 Å². The summed E-state index contributed by atoms with van der Waals surface area (Å²) in [5.74, 6) is 1.15. The molecule has 0 radical (unpaired) electrons. The van der Waals surface area contributed by atoms with Gasteiger partial charge in [0, 0.05) is 16.7 Å². The molecule has 0 aliphatic heterocycles. The van der Waals surface area contributed by atoms with Crippen LogP contribution in [0.1, 0.15) is 41.7 Å². The van der Waals surface area contributed by atoms with Crippen molar-refractivity contribution in [1.29, 1.82) is 0 Å². The van der Waals surface area contributed by atoms with Gasteiger partial charge in [-0.05, 0) is 91.1 Å². The smallest absolute Gasteiger partial charge is 0.160 e. The molecule has 2 nitrogen and oxygen atoms in total. The fraction of sp³-hybridized carbons (Fsp3) is 0.0943. The van der Waals surface area contributed by atoms with Crippen molar-refractivity contribution in [2.24, 2.45) is 5.92 Å². The molecule has 8 aromatic rings. The normalized spacial score (nSPS) is 15.3. The summed E-state index contributed by atoms with van der Waals surface area (Å²) in [5.41, 5.74) is 19.7. The van der Waals surface area contributed by atoms with E-state index in [1.54, 1.807) is 0 Å². The average molecular weight is 705 g/mol. The maximum atomic E-state index is 5.02. The van der Waals surface area contributed by atoms with Crippen LogP contribution in [0.4, 0.5) is 0 Å². The zero-order chi connectivity index (χ0) is 36.9. The Bertz CT molecular complexity index is 2650. The lowest BCUT2D eigenvalue weighted by molar-refractivity contribution is 0.409. The van der Waals surface area contributed by atoms with Gasteiger partial charge in [-0.3, -0.25) is 0 Å². The van der Waals surface area contributed by atoms with E-state index in [1.165, 1.54) is 61.2 Å². The van der Waals surface area contributed by atoms with Crippen molar-refractivity contribution in [2.75, 3.05) is 0 Å². The monoisotopic (exact) mass is 704 g/mol. The number of aromatic nitrogens is 2. The van der Waals surface area contributed by atoms with Crippen molar-refractivity contribution in [3.63, 3.8) is 0 Å². The molecule has 0 spiro atoms. The number of hydrogen-bond acceptors (Lipinski definition) is 2. The molecule has 0 saturated carbocycles. The molecule has 0 saturated heterocycles. The van der Waals surface area contributed by atoms with E-state index in [2.05, 4.69) is 178 Å². The second-order valence-corrected chi connectivity index (χ2v) is 15.4. The minimum Gasteiger partial charge on any atom is -0.228 e. The van der Waals surface area contributed by atoms with E-state index in [4.69, 9.17) is 9.97 Å². The van der Waals surface area contributed by atoms with Crippen LogP contribution in [0.15, 0.2) is 188 Å². The van der Waals surface area contributed by atoms with Gasteiger partial charge < -0.3 is 0 Å². The largest absolute Gasteiger partial charge is 0.228 e. The number of nitrogens with zero attached hydrogens (tertiary/aromatic N) is 2. The van der Waals surface area contributed by atoms with E-state index in [0.29, 0.717) is 5.92 Å². The Morgan fingerprint density at radius 1 is 0.418 bits per heavy atom. The van der Waals surface area contributed by atoms with Crippen LogP contribution in [0.25, 0.3) is 67.3 Å². The molecule has 0 amide bonds. The van der Waals surface area contributed by atoms with Gasteiger partial charge in [-0.1, -0.05) is 190 Å². The highest BCUT2D eigenvalue weighted by Gasteiger charge is 2.46. The number of hydrogen-bond donors (Lipinski definition) is 0. The van der Waals surface area contributed by atoms with Crippen LogP contribution in [-0.2, 0) is 11.8 Å². The molecule has 2 aliphatic carbocycles. The molecule has 55 heavy (non-hydrogen) atoms. The summed E-state index contributed by atoms with van der Waals surface area (Å²) in [5, 5.41) is 0. The van der Waals surface area contributed by atoms with Crippen LogP contribution in [0.2, 0.25) is 0 Å². The fourth-order valence-electron chi connectivity index (χ4n) is 8.87. The SMILES string of the molecule is CC1(C)c2cc(-c3ccc(-c4ccc(-c5cc(-c6ccccc6)nc(-c6ccccc6)n5)cc4)cc3)ccc2C2=C(c3ccccc3)c3ccccc3CC21. The van der Waals surface area contributed by atoms with E-state index in [9.17, 15) is 0 Å². The lowest BCUT2D eigenvalue weighted by Gasteiger charge is -2.34. The number of fused-ring (bicyclic) bond motifs is 4. The van der Waals surface area contributed by atoms with Gasteiger partial charge in [0.25, 0.3) is 0 Å². The van der Waals surface area contributed by atoms with Gasteiger partial charge in [-0.2, -0.15) is 0 Å². The predicted octanol–water partition coefficient (Wildman–Crippen LogP) is 13.2. The Labute approximate surface area is 323 Å². The Kier molecular flexibility index (Phi) is 7.99. The molecule has 1 aromatic heterocycles. The van der Waals surface area contributed by atoms with Crippen LogP contribution >= 0.6 is 0 Å². The molecule has 262 valence electrons. The van der Waals surface area contributed by atoms with Crippen molar-refractivity contribution < 1.29 is 0 Å². The van der Waals surface area contributed by atoms with E-state index in [0.717, 1.165) is 40.3 Å². The highest BCUT2D eigenvalue weighted by atomic mass is 14.9. The third kappa shape index (κ3) is 5.82. The van der Waals surface area contributed by atoms with Crippen molar-refractivity contribution in [3.05, 3.63) is 216 Å². The first-order valence-electron chi connectivity index (χ1n) is 19.3. The second-order valence-electron chi connectivity index (χ2n) is 15.4. The molecule has 0 bridgehead atoms. The Hall–Kier alpha value is -6.64. The highest BCUT2D eigenvalue weighted by Crippen LogP contribution is 2.58. The van der Waals surface area contributed by atoms with Gasteiger partial charge >= 0.3 is 0 Å². The molecule has 1 unspecified atom stereocenters. The first kappa shape index (κ1) is 33.0. The minimum atomic E-state index is 0.00329. The van der Waals surface area contributed by atoms with Crippen LogP contribution in [0.5, 0.6) is 0 Å². The van der Waals surface area contributed by atoms with E-state index < -0.39 is 0 Å². The highest BCUT2D eigenvalue weighted by molar-refractivity contribution is 6.04. The van der Waals surface area contributed by atoms with Crippen LogP contribution in [-0.4, -0.2) is 9.97 Å². The first-order valence-corrected chi connectivity index (χ1v) is 19.3. The molecule has 0 fully saturated rings. The minimum absolute atomic E-state index is 0.00329. The standard InChI is InChI=1S/C53H40N2/c1-53(2)46-32-42(30-31-45(46)51-47(53)33-43-20-12-13-21-44(43)50(51)40-16-8-4-9-17-40)37-24-22-35(23-25-37)36-26-28-39(29-27-36)49-34-48(38-14-6-3-7-15-38)54-52(55-49)41-18-10-5-11-19-41/h3-32,34,47H,33H2,1-2H3. The number of allylic oxidation sites excluding steroid dienone is 1. The lowest BCUT2D eigenvalue weighted by Crippen LogP contribution is -2.28. The van der Waals surface area contributed by atoms with Crippen molar-refractivity contribution >= 4 is 11.1 Å². The van der Waals surface area contributed by atoms with Gasteiger partial charge in [-0.15, -0.1) is 0 Å². The lowest BCUT2D eigenvalue weighted by atomic mass is 9.69. The van der Waals surface area contributed by atoms with Crippen molar-refractivity contribution in [3.8, 4) is 56.2 Å². The van der Waals surface area contributed by atoms with Gasteiger partial charge in [0.15, 0.2) is 5.82 Å². The summed E-state index contributed by atoms with van der Waals surface area (Å²) >= 11 is 0. The second kappa shape index (κ2) is 13.3. The zero-order valence-electron chi connectivity index (χ0n) is 31.1. The summed E-state index contributed by atoms with van der Waals surface area (Å²) in [7, 11) is 0. The molecule has 1 heterocycles. The maximum absolute atomic E-state index is 5.02. The van der Waals surface area contributed by atoms with Crippen LogP contribution in [0, 0.1) is 5.92 Å². The van der Waals surface area contributed by atoms with E-state index in [-0.39, 0.29) is 5.41 Å². The zero-order valence-corrected chi connectivity index (χ0v) is 31.1. The third-order valence-corrected chi connectivity index (χ3v) is 11.8. The van der Waals surface area contributed by atoms with Crippen LogP contribution in [0.3, 0.4) is 0 Å². The van der Waals surface area contributed by atoms with E-state index >= 15 is 0 Å². The van der Waals surface area contributed by atoms with E-state index in [1.807, 2.05) is 24.3 Å².